The summed E-state index contributed by atoms with van der Waals surface area (Å²) in [6.45, 7) is 12.6. The van der Waals surface area contributed by atoms with Crippen molar-refractivity contribution in [3.63, 3.8) is 0 Å². The summed E-state index contributed by atoms with van der Waals surface area (Å²) in [4.78, 5) is 4.93. The average Bonchev–Trinajstić information content (AvgIpc) is 2.92. The van der Waals surface area contributed by atoms with Gasteiger partial charge >= 0.3 is 0 Å². The van der Waals surface area contributed by atoms with E-state index in [4.69, 9.17) is 4.99 Å². The largest absolute Gasteiger partial charge is 0.294 e. The Balaban J connectivity index is 1.96. The summed E-state index contributed by atoms with van der Waals surface area (Å²) in [6.07, 6.45) is 9.27. The smallest absolute Gasteiger partial charge is 0.0360 e. The Morgan fingerprint density at radius 3 is 2.54 bits per heavy atom. The van der Waals surface area contributed by atoms with Crippen molar-refractivity contribution in [3.05, 3.63) is 34.9 Å². The maximum absolute atomic E-state index is 4.93. The fraction of sp³-hybridized carbons (Fsp3) is 0.720. The van der Waals surface area contributed by atoms with Gasteiger partial charge in [-0.2, -0.15) is 0 Å². The van der Waals surface area contributed by atoms with Crippen LogP contribution >= 0.6 is 0 Å². The van der Waals surface area contributed by atoms with Crippen LogP contribution in [0.25, 0.3) is 0 Å². The molecule has 0 bridgehead atoms. The van der Waals surface area contributed by atoms with Crippen molar-refractivity contribution in [1.82, 2.24) is 0 Å². The van der Waals surface area contributed by atoms with E-state index in [1.807, 2.05) is 0 Å². The molecule has 0 heterocycles. The highest BCUT2D eigenvalue weighted by atomic mass is 14.8. The van der Waals surface area contributed by atoms with E-state index >= 15 is 0 Å². The van der Waals surface area contributed by atoms with Gasteiger partial charge in [0.2, 0.25) is 0 Å². The number of hydrogen-bond donors (Lipinski definition) is 0. The van der Waals surface area contributed by atoms with Crippen molar-refractivity contribution in [1.29, 1.82) is 0 Å². The van der Waals surface area contributed by atoms with Gasteiger partial charge in [0.15, 0.2) is 0 Å². The maximum Gasteiger partial charge on any atom is 0.0360 e. The molecule has 1 aromatic carbocycles. The molecular formula is C25H39N. The highest BCUT2D eigenvalue weighted by Crippen LogP contribution is 2.52. The third-order valence-electron chi connectivity index (χ3n) is 7.20. The Bertz CT molecular complexity index is 629. The van der Waals surface area contributed by atoms with Crippen molar-refractivity contribution >= 4 is 5.71 Å². The zero-order valence-electron chi connectivity index (χ0n) is 17.7. The molecular weight excluding hydrogens is 314 g/mol. The van der Waals surface area contributed by atoms with Crippen LogP contribution < -0.4 is 0 Å². The van der Waals surface area contributed by atoms with E-state index in [9.17, 15) is 0 Å². The van der Waals surface area contributed by atoms with E-state index in [1.165, 1.54) is 56.2 Å². The standard InChI is InChI=1S/C25H39N/c1-6-9-20-16-24(26-8-3)18(5)25(20)22-14-13-19-12-11-17(4)15-23(19)21(22)10-7-2/h11-12,15,18,20-22,25H,6-10,13-14,16H2,1-5H3/b26-24+. The van der Waals surface area contributed by atoms with Crippen LogP contribution in [0.5, 0.6) is 0 Å². The van der Waals surface area contributed by atoms with Crippen molar-refractivity contribution in [3.8, 4) is 0 Å². The lowest BCUT2D eigenvalue weighted by molar-refractivity contribution is 0.158. The van der Waals surface area contributed by atoms with Gasteiger partial charge < -0.3 is 0 Å². The number of nitrogens with zero attached hydrogens (tertiary/aromatic N) is 1. The zero-order chi connectivity index (χ0) is 18.7. The van der Waals surface area contributed by atoms with Crippen LogP contribution in [0.3, 0.4) is 0 Å². The topological polar surface area (TPSA) is 12.4 Å². The molecule has 2 aliphatic rings. The fourth-order valence-electron chi connectivity index (χ4n) is 6.20. The summed E-state index contributed by atoms with van der Waals surface area (Å²) < 4.78 is 0. The molecule has 5 atom stereocenters. The van der Waals surface area contributed by atoms with E-state index in [1.54, 1.807) is 11.1 Å². The molecule has 144 valence electrons. The third-order valence-corrected chi connectivity index (χ3v) is 7.20. The summed E-state index contributed by atoms with van der Waals surface area (Å²) in [7, 11) is 0. The lowest BCUT2D eigenvalue weighted by Gasteiger charge is -2.41. The quantitative estimate of drug-likeness (QED) is 0.523. The number of benzene rings is 1. The Hall–Kier alpha value is -1.11. The molecule has 1 nitrogen and oxygen atoms in total. The summed E-state index contributed by atoms with van der Waals surface area (Å²) >= 11 is 0. The Labute approximate surface area is 161 Å². The Morgan fingerprint density at radius 2 is 1.85 bits per heavy atom. The SMILES string of the molecule is CCCC1C/C(=N\CC)C(C)C1C1CCc2ccc(C)cc2C1CCC. The van der Waals surface area contributed by atoms with Crippen LogP contribution in [0.2, 0.25) is 0 Å². The molecule has 1 aromatic rings. The van der Waals surface area contributed by atoms with Gasteiger partial charge in [-0.05, 0) is 80.2 Å². The lowest BCUT2D eigenvalue weighted by atomic mass is 9.63. The minimum absolute atomic E-state index is 0.683. The predicted molar refractivity (Wildman–Crippen MR) is 114 cm³/mol. The number of fused-ring (bicyclic) bond motifs is 1. The summed E-state index contributed by atoms with van der Waals surface area (Å²) in [5.41, 5.74) is 6.28. The maximum atomic E-state index is 4.93. The number of rotatable bonds is 6. The van der Waals surface area contributed by atoms with Crippen LogP contribution in [0.15, 0.2) is 23.2 Å². The molecule has 3 rings (SSSR count). The lowest BCUT2D eigenvalue weighted by Crippen LogP contribution is -2.33. The van der Waals surface area contributed by atoms with Crippen LogP contribution in [0.4, 0.5) is 0 Å². The first-order valence-corrected chi connectivity index (χ1v) is 11.2. The number of aliphatic imine (C=N–C) groups is 1. The van der Waals surface area contributed by atoms with Gasteiger partial charge in [-0.3, -0.25) is 4.99 Å². The van der Waals surface area contributed by atoms with E-state index < -0.39 is 0 Å². The molecule has 1 fully saturated rings. The minimum Gasteiger partial charge on any atom is -0.294 e. The molecule has 5 unspecified atom stereocenters. The van der Waals surface area contributed by atoms with Gasteiger partial charge in [-0.15, -0.1) is 0 Å². The molecule has 0 aliphatic heterocycles. The molecule has 0 saturated heterocycles. The molecule has 0 radical (unpaired) electrons. The van der Waals surface area contributed by atoms with Gasteiger partial charge in [0, 0.05) is 12.3 Å². The molecule has 1 saturated carbocycles. The van der Waals surface area contributed by atoms with Crippen LogP contribution in [0.1, 0.15) is 88.8 Å². The van der Waals surface area contributed by atoms with E-state index in [2.05, 4.69) is 52.8 Å². The van der Waals surface area contributed by atoms with Crippen LogP contribution in [-0.2, 0) is 6.42 Å². The molecule has 0 aromatic heterocycles. The number of hydrogen-bond acceptors (Lipinski definition) is 1. The minimum atomic E-state index is 0.683. The van der Waals surface area contributed by atoms with E-state index in [0.717, 1.165) is 30.2 Å². The highest BCUT2D eigenvalue weighted by molar-refractivity contribution is 5.89. The van der Waals surface area contributed by atoms with Crippen molar-refractivity contribution < 1.29 is 0 Å². The molecule has 0 spiro atoms. The molecule has 0 amide bonds. The van der Waals surface area contributed by atoms with E-state index in [0.29, 0.717) is 5.92 Å². The van der Waals surface area contributed by atoms with Crippen LogP contribution in [-0.4, -0.2) is 12.3 Å². The molecule has 2 aliphatic carbocycles. The van der Waals surface area contributed by atoms with Crippen molar-refractivity contribution in [2.75, 3.05) is 6.54 Å². The first-order valence-electron chi connectivity index (χ1n) is 11.2. The monoisotopic (exact) mass is 353 g/mol. The second kappa shape index (κ2) is 8.72. The van der Waals surface area contributed by atoms with Gasteiger partial charge in [0.1, 0.15) is 0 Å². The fourth-order valence-corrected chi connectivity index (χ4v) is 6.20. The first-order chi connectivity index (χ1) is 12.6. The zero-order valence-corrected chi connectivity index (χ0v) is 17.7. The van der Waals surface area contributed by atoms with E-state index in [-0.39, 0.29) is 0 Å². The van der Waals surface area contributed by atoms with Crippen molar-refractivity contribution in [2.24, 2.45) is 28.7 Å². The summed E-state index contributed by atoms with van der Waals surface area (Å²) in [6, 6.07) is 7.23. The molecule has 1 heteroatoms. The molecule has 0 N–H and O–H groups in total. The summed E-state index contributed by atoms with van der Waals surface area (Å²) in [5.74, 6) is 3.99. The highest BCUT2D eigenvalue weighted by Gasteiger charge is 2.45. The third kappa shape index (κ3) is 3.78. The van der Waals surface area contributed by atoms with Gasteiger partial charge in [-0.1, -0.05) is 63.8 Å². The van der Waals surface area contributed by atoms with Gasteiger partial charge in [0.05, 0.1) is 0 Å². The Kier molecular flexibility index (Phi) is 6.59. The predicted octanol–water partition coefficient (Wildman–Crippen LogP) is 6.97. The van der Waals surface area contributed by atoms with Gasteiger partial charge in [-0.25, -0.2) is 0 Å². The molecule has 26 heavy (non-hydrogen) atoms. The normalized spacial score (nSPS) is 32.8. The average molecular weight is 354 g/mol. The first kappa shape index (κ1) is 19.6. The van der Waals surface area contributed by atoms with Gasteiger partial charge in [0.25, 0.3) is 0 Å². The Morgan fingerprint density at radius 1 is 1.08 bits per heavy atom. The second-order valence-electron chi connectivity index (χ2n) is 8.88. The second-order valence-corrected chi connectivity index (χ2v) is 8.88. The van der Waals surface area contributed by atoms with Crippen molar-refractivity contribution in [2.45, 2.75) is 85.5 Å². The number of aryl methyl sites for hydroxylation is 2. The summed E-state index contributed by atoms with van der Waals surface area (Å²) in [5, 5.41) is 0. The van der Waals surface area contributed by atoms with Crippen LogP contribution in [0, 0.1) is 30.6 Å².